The van der Waals surface area contributed by atoms with Crippen LogP contribution in [-0.2, 0) is 14.6 Å². The fourth-order valence-corrected chi connectivity index (χ4v) is 5.69. The summed E-state index contributed by atoms with van der Waals surface area (Å²) in [6.07, 6.45) is 0.242. The molecular formula is C9H15FO2S2. The van der Waals surface area contributed by atoms with Crippen molar-refractivity contribution in [2.45, 2.75) is 25.1 Å². The Labute approximate surface area is 89.8 Å². The minimum Gasteiger partial charge on any atom is -0.378 e. The smallest absolute Gasteiger partial charge is 0.126 e. The third-order valence-corrected chi connectivity index (χ3v) is 6.33. The van der Waals surface area contributed by atoms with E-state index in [0.717, 1.165) is 12.2 Å². The van der Waals surface area contributed by atoms with Crippen molar-refractivity contribution in [3.63, 3.8) is 0 Å². The Morgan fingerprint density at radius 3 is 2.93 bits per heavy atom. The van der Waals surface area contributed by atoms with E-state index in [1.54, 1.807) is 7.11 Å². The molecule has 0 N–H and O–H groups in total. The fraction of sp³-hybridized carbons (Fsp3) is 1.00. The van der Waals surface area contributed by atoms with Crippen LogP contribution in [0, 0.1) is 11.8 Å². The average molecular weight is 238 g/mol. The van der Waals surface area contributed by atoms with Crippen LogP contribution in [0.1, 0.15) is 12.8 Å². The summed E-state index contributed by atoms with van der Waals surface area (Å²) in [6, 6.07) is 0. The summed E-state index contributed by atoms with van der Waals surface area (Å²) < 4.78 is 29.9. The largest absolute Gasteiger partial charge is 0.378 e. The summed E-state index contributed by atoms with van der Waals surface area (Å²) in [5, 5.41) is 0. The lowest BCUT2D eigenvalue weighted by molar-refractivity contribution is -0.0242. The molecule has 82 valence electrons. The Hall–Kier alpha value is 0.390. The van der Waals surface area contributed by atoms with E-state index in [-0.39, 0.29) is 6.10 Å². The van der Waals surface area contributed by atoms with E-state index >= 15 is 0 Å². The van der Waals surface area contributed by atoms with Crippen LogP contribution in [0.4, 0.5) is 4.39 Å². The van der Waals surface area contributed by atoms with Gasteiger partial charge in [0.2, 0.25) is 0 Å². The number of methoxy groups -OCH3 is 1. The summed E-state index contributed by atoms with van der Waals surface area (Å²) in [5.41, 5.74) is 0. The maximum atomic E-state index is 13.5. The summed E-state index contributed by atoms with van der Waals surface area (Å²) in [6.45, 7) is 0. The number of fused-ring (bicyclic) bond motifs is 1. The first-order valence-electron chi connectivity index (χ1n) is 4.89. The molecule has 2 nitrogen and oxygen atoms in total. The lowest BCUT2D eigenvalue weighted by atomic mass is 9.79. The molecule has 1 aliphatic heterocycles. The summed E-state index contributed by atoms with van der Waals surface area (Å²) >= 11 is 0. The predicted molar refractivity (Wildman–Crippen MR) is 57.4 cm³/mol. The van der Waals surface area contributed by atoms with Gasteiger partial charge >= 0.3 is 0 Å². The standard InChI is InChI=1S/C9H15FO2S2/c1-12-9-3-6-4-13-14(11)5-7(6)2-8(9)10/h6-9H,2-5H2,1H3/t6?,7-,8?,9+,14?/m1/s1. The lowest BCUT2D eigenvalue weighted by Gasteiger charge is -2.39. The monoisotopic (exact) mass is 238 g/mol. The molecule has 2 rings (SSSR count). The average Bonchev–Trinajstić information content (AvgIpc) is 2.16. The van der Waals surface area contributed by atoms with Gasteiger partial charge in [-0.15, -0.1) is 0 Å². The Bertz CT molecular complexity index is 237. The molecule has 2 fully saturated rings. The Morgan fingerprint density at radius 1 is 1.43 bits per heavy atom. The predicted octanol–water partition coefficient (Wildman–Crippen LogP) is 1.78. The maximum Gasteiger partial charge on any atom is 0.126 e. The van der Waals surface area contributed by atoms with E-state index in [4.69, 9.17) is 4.74 Å². The number of hydrogen-bond donors (Lipinski definition) is 0. The van der Waals surface area contributed by atoms with Crippen molar-refractivity contribution in [2.24, 2.45) is 11.8 Å². The molecule has 1 aliphatic carbocycles. The highest BCUT2D eigenvalue weighted by Crippen LogP contribution is 2.40. The van der Waals surface area contributed by atoms with Crippen molar-refractivity contribution in [1.29, 1.82) is 0 Å². The van der Waals surface area contributed by atoms with Gasteiger partial charge in [-0.1, -0.05) is 10.8 Å². The van der Waals surface area contributed by atoms with E-state index in [0.29, 0.717) is 24.0 Å². The number of halogens is 1. The molecule has 1 saturated carbocycles. The molecule has 0 aromatic rings. The van der Waals surface area contributed by atoms with Crippen molar-refractivity contribution >= 4 is 20.6 Å². The van der Waals surface area contributed by atoms with E-state index in [1.165, 1.54) is 10.8 Å². The van der Waals surface area contributed by atoms with Crippen molar-refractivity contribution in [3.8, 4) is 0 Å². The van der Waals surface area contributed by atoms with Crippen LogP contribution in [0.25, 0.3) is 0 Å². The van der Waals surface area contributed by atoms with Crippen LogP contribution in [0.2, 0.25) is 0 Å². The van der Waals surface area contributed by atoms with Crippen molar-refractivity contribution in [3.05, 3.63) is 0 Å². The highest BCUT2D eigenvalue weighted by molar-refractivity contribution is 8.69. The van der Waals surface area contributed by atoms with E-state index in [9.17, 15) is 8.60 Å². The molecule has 14 heavy (non-hydrogen) atoms. The fourth-order valence-electron chi connectivity index (χ4n) is 2.31. The second-order valence-corrected chi connectivity index (χ2v) is 7.37. The van der Waals surface area contributed by atoms with Gasteiger partial charge in [0.15, 0.2) is 0 Å². The third kappa shape index (κ3) is 2.14. The Kier molecular flexibility index (Phi) is 3.50. The van der Waals surface area contributed by atoms with Gasteiger partial charge in [0, 0.05) is 18.6 Å². The highest BCUT2D eigenvalue weighted by atomic mass is 33.1. The van der Waals surface area contributed by atoms with Crippen LogP contribution in [0.15, 0.2) is 0 Å². The molecular weight excluding hydrogens is 223 g/mol. The minimum atomic E-state index is -0.860. The molecule has 5 heteroatoms. The molecule has 0 amide bonds. The van der Waals surface area contributed by atoms with Crippen molar-refractivity contribution in [2.75, 3.05) is 18.6 Å². The first-order chi connectivity index (χ1) is 6.70. The Balaban J connectivity index is 2.00. The van der Waals surface area contributed by atoms with Gasteiger partial charge in [-0.25, -0.2) is 8.60 Å². The number of hydrogen-bond acceptors (Lipinski definition) is 3. The zero-order valence-electron chi connectivity index (χ0n) is 8.15. The number of rotatable bonds is 1. The molecule has 1 heterocycles. The lowest BCUT2D eigenvalue weighted by Crippen LogP contribution is -2.42. The van der Waals surface area contributed by atoms with Crippen molar-refractivity contribution < 1.29 is 13.3 Å². The van der Waals surface area contributed by atoms with Crippen LogP contribution in [0.3, 0.4) is 0 Å². The zero-order valence-corrected chi connectivity index (χ0v) is 9.78. The summed E-state index contributed by atoms with van der Waals surface area (Å²) in [7, 11) is 2.31. The van der Waals surface area contributed by atoms with E-state index in [2.05, 4.69) is 0 Å². The van der Waals surface area contributed by atoms with E-state index < -0.39 is 16.0 Å². The SMILES string of the molecule is CO[C@H]1CC2CSS(=O)C[C@H]2CC1F. The van der Waals surface area contributed by atoms with Gasteiger partial charge in [0.25, 0.3) is 0 Å². The molecule has 2 aliphatic rings. The Morgan fingerprint density at radius 2 is 2.21 bits per heavy atom. The molecule has 5 atom stereocenters. The number of alkyl halides is 1. The van der Waals surface area contributed by atoms with Gasteiger partial charge in [-0.05, 0) is 24.7 Å². The second-order valence-electron chi connectivity index (χ2n) is 4.04. The van der Waals surface area contributed by atoms with Gasteiger partial charge < -0.3 is 4.74 Å². The van der Waals surface area contributed by atoms with Gasteiger partial charge in [0.1, 0.15) is 6.17 Å². The van der Waals surface area contributed by atoms with Gasteiger partial charge in [0.05, 0.1) is 15.9 Å². The van der Waals surface area contributed by atoms with Crippen LogP contribution < -0.4 is 0 Å². The first-order valence-corrected chi connectivity index (χ1v) is 7.71. The highest BCUT2D eigenvalue weighted by Gasteiger charge is 2.40. The molecule has 0 aromatic heterocycles. The molecule has 0 bridgehead atoms. The maximum absolute atomic E-state index is 13.5. The molecule has 0 aromatic carbocycles. The normalized spacial score (nSPS) is 48.6. The van der Waals surface area contributed by atoms with Crippen LogP contribution in [-0.4, -0.2) is 35.1 Å². The number of ether oxygens (including phenoxy) is 1. The summed E-state index contributed by atoms with van der Waals surface area (Å²) in [5.74, 6) is 2.41. The second kappa shape index (κ2) is 4.49. The quantitative estimate of drug-likeness (QED) is 0.651. The van der Waals surface area contributed by atoms with E-state index in [1.807, 2.05) is 0 Å². The molecule has 1 saturated heterocycles. The summed E-state index contributed by atoms with van der Waals surface area (Å²) in [4.78, 5) is 0. The third-order valence-electron chi connectivity index (χ3n) is 3.20. The van der Waals surface area contributed by atoms with Crippen LogP contribution >= 0.6 is 10.8 Å². The minimum absolute atomic E-state index is 0.233. The first kappa shape index (κ1) is 10.9. The van der Waals surface area contributed by atoms with Gasteiger partial charge in [-0.2, -0.15) is 0 Å². The molecule has 0 spiro atoms. The molecule has 0 radical (unpaired) electrons. The van der Waals surface area contributed by atoms with Crippen LogP contribution in [0.5, 0.6) is 0 Å². The molecule has 3 unspecified atom stereocenters. The van der Waals surface area contributed by atoms with Gasteiger partial charge in [-0.3, -0.25) is 0 Å². The topological polar surface area (TPSA) is 26.3 Å². The van der Waals surface area contributed by atoms with Crippen molar-refractivity contribution in [1.82, 2.24) is 0 Å². The zero-order chi connectivity index (χ0) is 10.1.